The second-order valence-corrected chi connectivity index (χ2v) is 9.07. The fraction of sp³-hybridized carbons (Fsp3) is 0.226. The van der Waals surface area contributed by atoms with Crippen LogP contribution in [0, 0.1) is 0 Å². The highest BCUT2D eigenvalue weighted by atomic mass is 16.5. The van der Waals surface area contributed by atoms with E-state index in [0.29, 0.717) is 18.3 Å². The Labute approximate surface area is 206 Å². The Hall–Kier alpha value is -3.92. The molecule has 5 rings (SSSR count). The average molecular weight is 463 g/mol. The lowest BCUT2D eigenvalue weighted by Crippen LogP contribution is -1.95. The SMILES string of the molecule is CCCC[C@H](C)c1nc(-c2ccc3cc(OCc4ccc(-c5ccccc5)cc4)ccc3c2)no1. The van der Waals surface area contributed by atoms with Crippen LogP contribution in [0.4, 0.5) is 0 Å². The van der Waals surface area contributed by atoms with Gasteiger partial charge in [0, 0.05) is 11.5 Å². The third-order valence-electron chi connectivity index (χ3n) is 6.39. The first-order chi connectivity index (χ1) is 17.2. The summed E-state index contributed by atoms with van der Waals surface area (Å²) in [7, 11) is 0. The molecule has 176 valence electrons. The first kappa shape index (κ1) is 22.9. The molecule has 0 saturated carbocycles. The second kappa shape index (κ2) is 10.6. The van der Waals surface area contributed by atoms with Crippen LogP contribution in [0.2, 0.25) is 0 Å². The standard InChI is InChI=1S/C31H30N2O2/c1-3-4-8-22(2)31-32-30(33-35-31)28-16-15-27-20-29(18-17-26(27)19-28)34-21-23-11-13-25(14-12-23)24-9-6-5-7-10-24/h5-7,9-20,22H,3-4,8,21H2,1-2H3/t22-/m0/s1. The monoisotopic (exact) mass is 462 g/mol. The van der Waals surface area contributed by atoms with Crippen LogP contribution in [0.3, 0.4) is 0 Å². The molecule has 1 atom stereocenters. The van der Waals surface area contributed by atoms with Gasteiger partial charge in [-0.2, -0.15) is 4.98 Å². The Kier molecular flexibility index (Phi) is 6.89. The zero-order valence-electron chi connectivity index (χ0n) is 20.3. The minimum Gasteiger partial charge on any atom is -0.489 e. The second-order valence-electron chi connectivity index (χ2n) is 9.07. The van der Waals surface area contributed by atoms with Crippen LogP contribution in [0.25, 0.3) is 33.3 Å². The highest BCUT2D eigenvalue weighted by Crippen LogP contribution is 2.28. The molecule has 5 aromatic rings. The molecule has 35 heavy (non-hydrogen) atoms. The quantitative estimate of drug-likeness (QED) is 0.220. The maximum absolute atomic E-state index is 6.08. The van der Waals surface area contributed by atoms with Crippen LogP contribution in [-0.2, 0) is 6.61 Å². The Morgan fingerprint density at radius 3 is 2.31 bits per heavy atom. The molecule has 0 fully saturated rings. The van der Waals surface area contributed by atoms with Crippen molar-refractivity contribution in [1.82, 2.24) is 10.1 Å². The van der Waals surface area contributed by atoms with E-state index in [1.54, 1.807) is 0 Å². The van der Waals surface area contributed by atoms with E-state index in [1.807, 2.05) is 18.2 Å². The number of fused-ring (bicyclic) bond motifs is 1. The van der Waals surface area contributed by atoms with Gasteiger partial charge in [-0.15, -0.1) is 0 Å². The van der Waals surface area contributed by atoms with Crippen LogP contribution in [0.15, 0.2) is 95.5 Å². The molecule has 0 aliphatic carbocycles. The number of hydrogen-bond donors (Lipinski definition) is 0. The number of aromatic nitrogens is 2. The number of nitrogens with zero attached hydrogens (tertiary/aromatic N) is 2. The highest BCUT2D eigenvalue weighted by molar-refractivity contribution is 5.87. The Bertz CT molecular complexity index is 1390. The predicted molar refractivity (Wildman–Crippen MR) is 141 cm³/mol. The summed E-state index contributed by atoms with van der Waals surface area (Å²) < 4.78 is 11.6. The summed E-state index contributed by atoms with van der Waals surface area (Å²) in [6.45, 7) is 4.87. The molecule has 0 radical (unpaired) electrons. The van der Waals surface area contributed by atoms with E-state index < -0.39 is 0 Å². The van der Waals surface area contributed by atoms with E-state index >= 15 is 0 Å². The molecule has 0 aliphatic rings. The maximum atomic E-state index is 6.08. The van der Waals surface area contributed by atoms with E-state index in [0.717, 1.165) is 40.5 Å². The van der Waals surface area contributed by atoms with Crippen LogP contribution in [0.5, 0.6) is 5.75 Å². The topological polar surface area (TPSA) is 48.2 Å². The first-order valence-corrected chi connectivity index (χ1v) is 12.3. The van der Waals surface area contributed by atoms with Gasteiger partial charge in [0.25, 0.3) is 0 Å². The fourth-order valence-electron chi connectivity index (χ4n) is 4.23. The largest absolute Gasteiger partial charge is 0.489 e. The van der Waals surface area contributed by atoms with Crippen LogP contribution < -0.4 is 4.74 Å². The van der Waals surface area contributed by atoms with Crippen molar-refractivity contribution in [3.05, 3.63) is 102 Å². The molecule has 4 aromatic carbocycles. The van der Waals surface area contributed by atoms with Gasteiger partial charge >= 0.3 is 0 Å². The summed E-state index contributed by atoms with van der Waals surface area (Å²) in [6.07, 6.45) is 3.40. The molecule has 0 amide bonds. The average Bonchev–Trinajstić information content (AvgIpc) is 3.41. The lowest BCUT2D eigenvalue weighted by Gasteiger charge is -2.09. The van der Waals surface area contributed by atoms with Gasteiger partial charge in [-0.05, 0) is 52.1 Å². The number of unbranched alkanes of at least 4 members (excludes halogenated alkanes) is 1. The van der Waals surface area contributed by atoms with Crippen molar-refractivity contribution in [2.45, 2.75) is 45.6 Å². The Morgan fingerprint density at radius 2 is 1.51 bits per heavy atom. The van der Waals surface area contributed by atoms with Gasteiger partial charge < -0.3 is 9.26 Å². The first-order valence-electron chi connectivity index (χ1n) is 12.3. The van der Waals surface area contributed by atoms with Gasteiger partial charge in [0.1, 0.15) is 12.4 Å². The normalized spacial score (nSPS) is 12.1. The molecule has 0 N–H and O–H groups in total. The van der Waals surface area contributed by atoms with Gasteiger partial charge in [0.15, 0.2) is 0 Å². The maximum Gasteiger partial charge on any atom is 0.229 e. The van der Waals surface area contributed by atoms with Crippen molar-refractivity contribution < 1.29 is 9.26 Å². The van der Waals surface area contributed by atoms with Gasteiger partial charge in [0.2, 0.25) is 11.7 Å². The molecule has 0 spiro atoms. The molecule has 0 saturated heterocycles. The van der Waals surface area contributed by atoms with E-state index in [9.17, 15) is 0 Å². The van der Waals surface area contributed by atoms with Gasteiger partial charge in [0.05, 0.1) is 0 Å². The summed E-state index contributed by atoms with van der Waals surface area (Å²) in [6, 6.07) is 31.3. The molecule has 0 aliphatic heterocycles. The van der Waals surface area contributed by atoms with Crippen molar-refractivity contribution in [3.8, 4) is 28.3 Å². The van der Waals surface area contributed by atoms with Crippen LogP contribution in [-0.4, -0.2) is 10.1 Å². The van der Waals surface area contributed by atoms with Crippen LogP contribution in [0.1, 0.15) is 50.5 Å². The van der Waals surface area contributed by atoms with Gasteiger partial charge in [-0.3, -0.25) is 0 Å². The molecular formula is C31H30N2O2. The predicted octanol–water partition coefficient (Wildman–Crippen LogP) is 8.43. The van der Waals surface area contributed by atoms with Gasteiger partial charge in [-0.1, -0.05) is 105 Å². The summed E-state index contributed by atoms with van der Waals surface area (Å²) in [4.78, 5) is 4.64. The number of hydrogen-bond acceptors (Lipinski definition) is 4. The minimum absolute atomic E-state index is 0.283. The smallest absolute Gasteiger partial charge is 0.229 e. The third kappa shape index (κ3) is 5.43. The number of ether oxygens (including phenoxy) is 1. The van der Waals surface area contributed by atoms with E-state index in [-0.39, 0.29) is 5.92 Å². The zero-order chi connectivity index (χ0) is 24.0. The zero-order valence-corrected chi connectivity index (χ0v) is 20.3. The third-order valence-corrected chi connectivity index (χ3v) is 6.39. The summed E-state index contributed by atoms with van der Waals surface area (Å²) in [5, 5.41) is 6.45. The van der Waals surface area contributed by atoms with Crippen molar-refractivity contribution in [2.75, 3.05) is 0 Å². The molecule has 0 unspecified atom stereocenters. The Morgan fingerprint density at radius 1 is 0.800 bits per heavy atom. The van der Waals surface area contributed by atoms with E-state index in [1.165, 1.54) is 17.5 Å². The lowest BCUT2D eigenvalue weighted by atomic mass is 10.0. The summed E-state index contributed by atoms with van der Waals surface area (Å²) >= 11 is 0. The minimum atomic E-state index is 0.283. The van der Waals surface area contributed by atoms with Crippen LogP contribution >= 0.6 is 0 Å². The van der Waals surface area contributed by atoms with Gasteiger partial charge in [-0.25, -0.2) is 0 Å². The summed E-state index contributed by atoms with van der Waals surface area (Å²) in [5.74, 6) is 2.49. The van der Waals surface area contributed by atoms with E-state index in [4.69, 9.17) is 9.26 Å². The lowest BCUT2D eigenvalue weighted by molar-refractivity contribution is 0.306. The molecule has 4 heteroatoms. The molecule has 4 nitrogen and oxygen atoms in total. The molecular weight excluding hydrogens is 432 g/mol. The molecule has 0 bridgehead atoms. The molecule has 1 heterocycles. The van der Waals surface area contributed by atoms with Crippen molar-refractivity contribution in [2.24, 2.45) is 0 Å². The van der Waals surface area contributed by atoms with Crippen molar-refractivity contribution in [3.63, 3.8) is 0 Å². The Balaban J connectivity index is 1.25. The fourth-order valence-corrected chi connectivity index (χ4v) is 4.23. The number of benzene rings is 4. The van der Waals surface area contributed by atoms with Crippen molar-refractivity contribution >= 4 is 10.8 Å². The van der Waals surface area contributed by atoms with Crippen molar-refractivity contribution in [1.29, 1.82) is 0 Å². The number of rotatable bonds is 9. The summed E-state index contributed by atoms with van der Waals surface area (Å²) in [5.41, 5.74) is 4.53. The highest BCUT2D eigenvalue weighted by Gasteiger charge is 2.15. The van der Waals surface area contributed by atoms with E-state index in [2.05, 4.69) is 96.8 Å². The molecule has 1 aromatic heterocycles.